The number of hydrogen-bond acceptors (Lipinski definition) is 4. The highest BCUT2D eigenvalue weighted by Crippen LogP contribution is 2.17. The zero-order valence-corrected chi connectivity index (χ0v) is 12.0. The van der Waals surface area contributed by atoms with Gasteiger partial charge < -0.3 is 15.3 Å². The summed E-state index contributed by atoms with van der Waals surface area (Å²) in [6.45, 7) is 4.29. The third kappa shape index (κ3) is 5.30. The number of rotatable bonds is 7. The number of carbonyl (C=O) groups is 1. The standard InChI is InChI=1S/C14H22N2O2S/c17-14(18)10-15-9-12-3-1-6-16(11-12)7-5-13-4-2-8-19-13/h2,4,8,12,15H,1,3,5-7,9-11H2,(H,17,18). The van der Waals surface area contributed by atoms with Crippen LogP contribution in [0.25, 0.3) is 0 Å². The quantitative estimate of drug-likeness (QED) is 0.799. The van der Waals surface area contributed by atoms with Crippen molar-refractivity contribution < 1.29 is 9.90 Å². The lowest BCUT2D eigenvalue weighted by molar-refractivity contribution is -0.136. The van der Waals surface area contributed by atoms with Crippen LogP contribution in [0.1, 0.15) is 17.7 Å². The molecule has 5 heteroatoms. The number of nitrogens with zero attached hydrogens (tertiary/aromatic N) is 1. The van der Waals surface area contributed by atoms with Gasteiger partial charge in [0.2, 0.25) is 0 Å². The molecule has 0 radical (unpaired) electrons. The summed E-state index contributed by atoms with van der Waals surface area (Å²) < 4.78 is 0. The van der Waals surface area contributed by atoms with Gasteiger partial charge in [-0.1, -0.05) is 6.07 Å². The van der Waals surface area contributed by atoms with Crippen LogP contribution in [0, 0.1) is 5.92 Å². The van der Waals surface area contributed by atoms with Crippen LogP contribution in [0.2, 0.25) is 0 Å². The second kappa shape index (κ2) is 7.62. The van der Waals surface area contributed by atoms with E-state index in [4.69, 9.17) is 5.11 Å². The van der Waals surface area contributed by atoms with Crippen LogP contribution in [-0.4, -0.2) is 48.7 Å². The highest BCUT2D eigenvalue weighted by molar-refractivity contribution is 7.09. The molecule has 0 amide bonds. The maximum absolute atomic E-state index is 10.5. The minimum atomic E-state index is -0.773. The van der Waals surface area contributed by atoms with Crippen molar-refractivity contribution in [3.8, 4) is 0 Å². The molecule has 1 fully saturated rings. The van der Waals surface area contributed by atoms with Gasteiger partial charge in [0.1, 0.15) is 0 Å². The third-order valence-corrected chi connectivity index (χ3v) is 4.50. The summed E-state index contributed by atoms with van der Waals surface area (Å²) in [5.41, 5.74) is 0. The van der Waals surface area contributed by atoms with Gasteiger partial charge >= 0.3 is 5.97 Å². The Morgan fingerprint density at radius 1 is 1.58 bits per heavy atom. The number of piperidine rings is 1. The molecular formula is C14H22N2O2S. The van der Waals surface area contributed by atoms with E-state index >= 15 is 0 Å². The lowest BCUT2D eigenvalue weighted by Gasteiger charge is -2.32. The normalized spacial score (nSPS) is 20.5. The van der Waals surface area contributed by atoms with Crippen molar-refractivity contribution in [1.29, 1.82) is 0 Å². The monoisotopic (exact) mass is 282 g/mol. The molecule has 2 N–H and O–H groups in total. The maximum atomic E-state index is 10.5. The maximum Gasteiger partial charge on any atom is 0.317 e. The Kier molecular flexibility index (Phi) is 5.82. The van der Waals surface area contributed by atoms with Gasteiger partial charge in [-0.05, 0) is 49.7 Å². The van der Waals surface area contributed by atoms with Gasteiger partial charge in [-0.3, -0.25) is 4.79 Å². The highest BCUT2D eigenvalue weighted by atomic mass is 32.1. The van der Waals surface area contributed by atoms with Gasteiger partial charge in [-0.15, -0.1) is 11.3 Å². The van der Waals surface area contributed by atoms with Gasteiger partial charge in [-0.25, -0.2) is 0 Å². The van der Waals surface area contributed by atoms with E-state index in [9.17, 15) is 4.79 Å². The van der Waals surface area contributed by atoms with E-state index in [0.717, 1.165) is 26.1 Å². The van der Waals surface area contributed by atoms with E-state index in [2.05, 4.69) is 27.7 Å². The molecule has 1 aliphatic rings. The summed E-state index contributed by atoms with van der Waals surface area (Å²) >= 11 is 1.83. The molecule has 2 rings (SSSR count). The van der Waals surface area contributed by atoms with Crippen LogP contribution in [0.3, 0.4) is 0 Å². The number of hydrogen-bond donors (Lipinski definition) is 2. The highest BCUT2D eigenvalue weighted by Gasteiger charge is 2.19. The first-order valence-electron chi connectivity index (χ1n) is 6.91. The van der Waals surface area contributed by atoms with Crippen LogP contribution in [0.15, 0.2) is 17.5 Å². The number of likely N-dealkylation sites (tertiary alicyclic amines) is 1. The third-order valence-electron chi connectivity index (χ3n) is 3.57. The van der Waals surface area contributed by atoms with E-state index in [1.54, 1.807) is 0 Å². The van der Waals surface area contributed by atoms with Gasteiger partial charge in [0.05, 0.1) is 6.54 Å². The molecule has 1 unspecified atom stereocenters. The largest absolute Gasteiger partial charge is 0.480 e. The van der Waals surface area contributed by atoms with Crippen molar-refractivity contribution in [1.82, 2.24) is 10.2 Å². The first kappa shape index (κ1) is 14.5. The Hall–Kier alpha value is -0.910. The Labute approximate surface area is 118 Å². The van der Waals surface area contributed by atoms with Crippen LogP contribution in [0.4, 0.5) is 0 Å². The van der Waals surface area contributed by atoms with Crippen LogP contribution < -0.4 is 5.32 Å². The molecular weight excluding hydrogens is 260 g/mol. The summed E-state index contributed by atoms with van der Waals surface area (Å²) in [6, 6.07) is 4.30. The zero-order chi connectivity index (χ0) is 13.5. The predicted octanol–water partition coefficient (Wildman–Crippen LogP) is 1.68. The predicted molar refractivity (Wildman–Crippen MR) is 77.7 cm³/mol. The van der Waals surface area contributed by atoms with E-state index < -0.39 is 5.97 Å². The van der Waals surface area contributed by atoms with Crippen LogP contribution in [-0.2, 0) is 11.2 Å². The van der Waals surface area contributed by atoms with E-state index in [0.29, 0.717) is 5.92 Å². The fraction of sp³-hybridized carbons (Fsp3) is 0.643. The molecule has 0 bridgehead atoms. The summed E-state index contributed by atoms with van der Waals surface area (Å²) in [5.74, 6) is -0.179. The molecule has 1 atom stereocenters. The molecule has 2 heterocycles. The molecule has 106 valence electrons. The molecule has 0 aromatic carbocycles. The number of carboxylic acids is 1. The molecule has 0 aliphatic carbocycles. The molecule has 4 nitrogen and oxygen atoms in total. The molecule has 1 aromatic rings. The lowest BCUT2D eigenvalue weighted by Crippen LogP contribution is -2.41. The fourth-order valence-electron chi connectivity index (χ4n) is 2.63. The molecule has 1 aliphatic heterocycles. The minimum Gasteiger partial charge on any atom is -0.480 e. The summed E-state index contributed by atoms with van der Waals surface area (Å²) in [5, 5.41) is 13.8. The van der Waals surface area contributed by atoms with Crippen LogP contribution >= 0.6 is 11.3 Å². The van der Waals surface area contributed by atoms with E-state index in [1.165, 1.54) is 24.3 Å². The number of nitrogens with one attached hydrogen (secondary N) is 1. The number of thiophene rings is 1. The Morgan fingerprint density at radius 2 is 2.47 bits per heavy atom. The average molecular weight is 282 g/mol. The second-order valence-corrected chi connectivity index (χ2v) is 6.20. The van der Waals surface area contributed by atoms with Gasteiger partial charge in [0.25, 0.3) is 0 Å². The SMILES string of the molecule is O=C(O)CNCC1CCCN(CCc2cccs2)C1. The Bertz CT molecular complexity index is 381. The number of aliphatic carboxylic acids is 1. The van der Waals surface area contributed by atoms with Gasteiger partial charge in [-0.2, -0.15) is 0 Å². The Morgan fingerprint density at radius 3 is 3.21 bits per heavy atom. The second-order valence-electron chi connectivity index (χ2n) is 5.16. The van der Waals surface area contributed by atoms with Gasteiger partial charge in [0.15, 0.2) is 0 Å². The van der Waals surface area contributed by atoms with Crippen molar-refractivity contribution >= 4 is 17.3 Å². The van der Waals surface area contributed by atoms with Crippen molar-refractivity contribution in [2.45, 2.75) is 19.3 Å². The van der Waals surface area contributed by atoms with Gasteiger partial charge in [0, 0.05) is 18.0 Å². The molecule has 1 saturated heterocycles. The minimum absolute atomic E-state index is 0.0751. The van der Waals surface area contributed by atoms with Crippen molar-refractivity contribution in [3.63, 3.8) is 0 Å². The molecule has 0 saturated carbocycles. The first-order chi connectivity index (χ1) is 9.24. The lowest BCUT2D eigenvalue weighted by atomic mass is 9.98. The van der Waals surface area contributed by atoms with Crippen molar-refractivity contribution in [3.05, 3.63) is 22.4 Å². The van der Waals surface area contributed by atoms with Crippen LogP contribution in [0.5, 0.6) is 0 Å². The smallest absolute Gasteiger partial charge is 0.317 e. The summed E-state index contributed by atoms with van der Waals surface area (Å²) in [4.78, 5) is 14.4. The summed E-state index contributed by atoms with van der Waals surface area (Å²) in [7, 11) is 0. The van der Waals surface area contributed by atoms with E-state index in [-0.39, 0.29) is 6.54 Å². The topological polar surface area (TPSA) is 52.6 Å². The zero-order valence-electron chi connectivity index (χ0n) is 11.2. The first-order valence-corrected chi connectivity index (χ1v) is 7.79. The van der Waals surface area contributed by atoms with Crippen molar-refractivity contribution in [2.75, 3.05) is 32.7 Å². The fourth-order valence-corrected chi connectivity index (χ4v) is 3.33. The van der Waals surface area contributed by atoms with E-state index in [1.807, 2.05) is 11.3 Å². The van der Waals surface area contributed by atoms with Crippen molar-refractivity contribution in [2.24, 2.45) is 5.92 Å². The summed E-state index contributed by atoms with van der Waals surface area (Å²) in [6.07, 6.45) is 3.57. The average Bonchev–Trinajstić information content (AvgIpc) is 2.89. The molecule has 0 spiro atoms. The molecule has 1 aromatic heterocycles. The molecule has 19 heavy (non-hydrogen) atoms. The Balaban J connectivity index is 1.66. The number of carboxylic acid groups (broad SMARTS) is 1.